The van der Waals surface area contributed by atoms with Crippen molar-refractivity contribution in [1.29, 1.82) is 0 Å². The SMILES string of the molecule is Cc1ccc(C(=O)NC(CCCl)C(C)C)cc1Br. The predicted octanol–water partition coefficient (Wildman–Crippen LogP) is 4.14. The molecule has 1 amide bonds. The fourth-order valence-corrected chi connectivity index (χ4v) is 2.29. The van der Waals surface area contributed by atoms with Crippen LogP contribution in [0.1, 0.15) is 36.2 Å². The van der Waals surface area contributed by atoms with Crippen LogP contribution in [0, 0.1) is 12.8 Å². The summed E-state index contributed by atoms with van der Waals surface area (Å²) in [7, 11) is 0. The summed E-state index contributed by atoms with van der Waals surface area (Å²) in [5, 5.41) is 3.04. The maximum atomic E-state index is 12.1. The minimum atomic E-state index is -0.0421. The molecule has 100 valence electrons. The van der Waals surface area contributed by atoms with Crippen LogP contribution in [0.3, 0.4) is 0 Å². The Balaban J connectivity index is 2.77. The molecule has 0 radical (unpaired) electrons. The first-order chi connectivity index (χ1) is 8.45. The second kappa shape index (κ2) is 7.15. The number of carbonyl (C=O) groups is 1. The first kappa shape index (κ1) is 15.5. The number of benzene rings is 1. The monoisotopic (exact) mass is 331 g/mol. The van der Waals surface area contributed by atoms with Gasteiger partial charge in [-0.05, 0) is 37.0 Å². The Morgan fingerprint density at radius 2 is 2.11 bits per heavy atom. The second-order valence-corrected chi connectivity index (χ2v) is 6.00. The molecule has 0 aliphatic heterocycles. The van der Waals surface area contributed by atoms with Crippen LogP contribution in [0.5, 0.6) is 0 Å². The quantitative estimate of drug-likeness (QED) is 0.807. The molecule has 1 N–H and O–H groups in total. The van der Waals surface area contributed by atoms with Crippen molar-refractivity contribution in [1.82, 2.24) is 5.32 Å². The van der Waals surface area contributed by atoms with E-state index in [2.05, 4.69) is 35.1 Å². The van der Waals surface area contributed by atoms with Gasteiger partial charge in [0.25, 0.3) is 5.91 Å². The van der Waals surface area contributed by atoms with Crippen molar-refractivity contribution in [2.24, 2.45) is 5.92 Å². The van der Waals surface area contributed by atoms with Crippen LogP contribution in [0.25, 0.3) is 0 Å². The van der Waals surface area contributed by atoms with Gasteiger partial charge in [-0.2, -0.15) is 0 Å². The van der Waals surface area contributed by atoms with E-state index < -0.39 is 0 Å². The van der Waals surface area contributed by atoms with Crippen LogP contribution in [0.4, 0.5) is 0 Å². The van der Waals surface area contributed by atoms with Crippen molar-refractivity contribution >= 4 is 33.4 Å². The number of rotatable bonds is 5. The number of hydrogen-bond acceptors (Lipinski definition) is 1. The summed E-state index contributed by atoms with van der Waals surface area (Å²) in [4.78, 5) is 12.1. The molecule has 0 saturated heterocycles. The summed E-state index contributed by atoms with van der Waals surface area (Å²) < 4.78 is 0.952. The molecule has 0 aromatic heterocycles. The molecular weight excluding hydrogens is 314 g/mol. The second-order valence-electron chi connectivity index (χ2n) is 4.77. The van der Waals surface area contributed by atoms with Gasteiger partial charge in [0.2, 0.25) is 0 Å². The average molecular weight is 333 g/mol. The summed E-state index contributed by atoms with van der Waals surface area (Å²) in [5.74, 6) is 0.891. The largest absolute Gasteiger partial charge is 0.349 e. The van der Waals surface area contributed by atoms with E-state index in [9.17, 15) is 4.79 Å². The Morgan fingerprint density at radius 1 is 1.44 bits per heavy atom. The molecular formula is C14H19BrClNO. The van der Waals surface area contributed by atoms with Crippen molar-refractivity contribution in [2.45, 2.75) is 33.2 Å². The highest BCUT2D eigenvalue weighted by molar-refractivity contribution is 9.10. The molecule has 1 aromatic rings. The highest BCUT2D eigenvalue weighted by Crippen LogP contribution is 2.18. The highest BCUT2D eigenvalue weighted by atomic mass is 79.9. The zero-order chi connectivity index (χ0) is 13.7. The number of hydrogen-bond donors (Lipinski definition) is 1. The zero-order valence-corrected chi connectivity index (χ0v) is 13.3. The Kier molecular flexibility index (Phi) is 6.16. The molecule has 0 spiro atoms. The molecule has 4 heteroatoms. The Morgan fingerprint density at radius 3 is 2.61 bits per heavy atom. The molecule has 0 saturated carbocycles. The number of aryl methyl sites for hydroxylation is 1. The lowest BCUT2D eigenvalue weighted by atomic mass is 10.0. The van der Waals surface area contributed by atoms with Crippen LogP contribution < -0.4 is 5.32 Å². The summed E-state index contributed by atoms with van der Waals surface area (Å²) >= 11 is 9.20. The maximum absolute atomic E-state index is 12.1. The summed E-state index contributed by atoms with van der Waals surface area (Å²) in [5.41, 5.74) is 1.79. The molecule has 1 atom stereocenters. The first-order valence-corrected chi connectivity index (χ1v) is 7.41. The Labute approximate surface area is 122 Å². The van der Waals surface area contributed by atoms with Gasteiger partial charge >= 0.3 is 0 Å². The summed E-state index contributed by atoms with van der Waals surface area (Å²) in [6, 6.07) is 5.75. The van der Waals surface area contributed by atoms with E-state index >= 15 is 0 Å². The van der Waals surface area contributed by atoms with E-state index in [4.69, 9.17) is 11.6 Å². The van der Waals surface area contributed by atoms with E-state index in [0.717, 1.165) is 16.5 Å². The summed E-state index contributed by atoms with van der Waals surface area (Å²) in [6.07, 6.45) is 0.790. The van der Waals surface area contributed by atoms with Crippen molar-refractivity contribution in [3.05, 3.63) is 33.8 Å². The normalized spacial score (nSPS) is 12.6. The standard InChI is InChI=1S/C14H19BrClNO/c1-9(2)13(6-7-16)17-14(18)11-5-4-10(3)12(15)8-11/h4-5,8-9,13H,6-7H2,1-3H3,(H,17,18). The van der Waals surface area contributed by atoms with Crippen LogP contribution in [0.2, 0.25) is 0 Å². The third-order valence-electron chi connectivity index (χ3n) is 2.98. The minimum absolute atomic E-state index is 0.0421. The van der Waals surface area contributed by atoms with Gasteiger partial charge in [-0.25, -0.2) is 0 Å². The van der Waals surface area contributed by atoms with Gasteiger partial charge in [0.15, 0.2) is 0 Å². The van der Waals surface area contributed by atoms with Gasteiger partial charge in [0, 0.05) is 22.0 Å². The number of nitrogens with one attached hydrogen (secondary N) is 1. The Bertz CT molecular complexity index is 420. The zero-order valence-electron chi connectivity index (χ0n) is 11.0. The fourth-order valence-electron chi connectivity index (χ4n) is 1.68. The van der Waals surface area contributed by atoms with E-state index in [1.165, 1.54) is 0 Å². The minimum Gasteiger partial charge on any atom is -0.349 e. The third-order valence-corrected chi connectivity index (χ3v) is 4.05. The van der Waals surface area contributed by atoms with Gasteiger partial charge < -0.3 is 5.32 Å². The van der Waals surface area contributed by atoms with Gasteiger partial charge in [-0.1, -0.05) is 35.8 Å². The molecule has 2 nitrogen and oxygen atoms in total. The van der Waals surface area contributed by atoms with Crippen molar-refractivity contribution in [2.75, 3.05) is 5.88 Å². The number of carbonyl (C=O) groups excluding carboxylic acids is 1. The molecule has 0 aliphatic carbocycles. The molecule has 1 unspecified atom stereocenters. The van der Waals surface area contributed by atoms with Gasteiger partial charge in [0.05, 0.1) is 0 Å². The molecule has 0 bridgehead atoms. The fraction of sp³-hybridized carbons (Fsp3) is 0.500. The molecule has 0 heterocycles. The van der Waals surface area contributed by atoms with E-state index in [1.807, 2.05) is 25.1 Å². The number of halogens is 2. The lowest BCUT2D eigenvalue weighted by molar-refractivity contribution is 0.0925. The smallest absolute Gasteiger partial charge is 0.251 e. The lowest BCUT2D eigenvalue weighted by Gasteiger charge is -2.21. The van der Waals surface area contributed by atoms with Gasteiger partial charge in [-0.15, -0.1) is 11.6 Å². The maximum Gasteiger partial charge on any atom is 0.251 e. The van der Waals surface area contributed by atoms with Gasteiger partial charge in [0.1, 0.15) is 0 Å². The van der Waals surface area contributed by atoms with E-state index in [-0.39, 0.29) is 11.9 Å². The highest BCUT2D eigenvalue weighted by Gasteiger charge is 2.16. The Hall–Kier alpha value is -0.540. The van der Waals surface area contributed by atoms with E-state index in [1.54, 1.807) is 0 Å². The van der Waals surface area contributed by atoms with Crippen LogP contribution in [0.15, 0.2) is 22.7 Å². The predicted molar refractivity (Wildman–Crippen MR) is 80.3 cm³/mol. The molecule has 18 heavy (non-hydrogen) atoms. The molecule has 0 aliphatic rings. The van der Waals surface area contributed by atoms with Crippen LogP contribution in [-0.2, 0) is 0 Å². The van der Waals surface area contributed by atoms with Gasteiger partial charge in [-0.3, -0.25) is 4.79 Å². The van der Waals surface area contributed by atoms with Crippen LogP contribution >= 0.6 is 27.5 Å². The van der Waals surface area contributed by atoms with Crippen LogP contribution in [-0.4, -0.2) is 17.8 Å². The van der Waals surface area contributed by atoms with Crippen molar-refractivity contribution in [3.8, 4) is 0 Å². The lowest BCUT2D eigenvalue weighted by Crippen LogP contribution is -2.38. The average Bonchev–Trinajstić information content (AvgIpc) is 2.31. The molecule has 1 rings (SSSR count). The number of amides is 1. The third kappa shape index (κ3) is 4.29. The first-order valence-electron chi connectivity index (χ1n) is 6.08. The van der Waals surface area contributed by atoms with Crippen molar-refractivity contribution < 1.29 is 4.79 Å². The van der Waals surface area contributed by atoms with E-state index in [0.29, 0.717) is 17.4 Å². The molecule has 0 fully saturated rings. The summed E-state index contributed by atoms with van der Waals surface area (Å²) in [6.45, 7) is 6.17. The number of alkyl halides is 1. The van der Waals surface area contributed by atoms with Crippen molar-refractivity contribution in [3.63, 3.8) is 0 Å². The molecule has 1 aromatic carbocycles. The topological polar surface area (TPSA) is 29.1 Å².